The summed E-state index contributed by atoms with van der Waals surface area (Å²) in [5.41, 5.74) is 0.502. The molecule has 0 aliphatic carbocycles. The van der Waals surface area contributed by atoms with Gasteiger partial charge in [0.1, 0.15) is 13.2 Å². The first-order valence-corrected chi connectivity index (χ1v) is 8.33. The summed E-state index contributed by atoms with van der Waals surface area (Å²) in [6.07, 6.45) is 5.25. The number of Topliss-reactive ketones (excluding diaryl/α,β-unsaturated/α-hetero) is 1. The van der Waals surface area contributed by atoms with Gasteiger partial charge < -0.3 is 27.1 Å². The molecule has 5 nitrogen and oxygen atoms in total. The zero-order valence-electron chi connectivity index (χ0n) is 13.6. The average molecular weight is 354 g/mol. The van der Waals surface area contributed by atoms with Crippen molar-refractivity contribution in [2.75, 3.05) is 19.8 Å². The molecule has 0 saturated carbocycles. The molecule has 1 unspecified atom stereocenters. The summed E-state index contributed by atoms with van der Waals surface area (Å²) in [7, 11) is 0. The van der Waals surface area contributed by atoms with E-state index in [9.17, 15) is 4.79 Å². The highest BCUT2D eigenvalue weighted by molar-refractivity contribution is 7.77. The van der Waals surface area contributed by atoms with E-state index in [0.29, 0.717) is 41.9 Å². The van der Waals surface area contributed by atoms with Crippen LogP contribution in [0.3, 0.4) is 0 Å². The highest BCUT2D eigenvalue weighted by atomic mass is 32.1. The summed E-state index contributed by atoms with van der Waals surface area (Å²) < 4.78 is 12.8. The first kappa shape index (κ1) is 17.1. The summed E-state index contributed by atoms with van der Waals surface area (Å²) in [6.45, 7) is 4.99. The Hall–Kier alpha value is -2.73. The Morgan fingerprint density at radius 1 is 1.24 bits per heavy atom. The topological polar surface area (TPSA) is 51.8 Å². The molecule has 1 aliphatic heterocycles. The number of ether oxygens (including phenoxy) is 2. The molecule has 1 aromatic heterocycles. The molecule has 1 aromatic carbocycles. The molecular weight excluding hydrogens is 336 g/mol. The number of ketones is 1. The monoisotopic (exact) mass is 354 g/mol. The molecule has 0 amide bonds. The van der Waals surface area contributed by atoms with E-state index in [1.165, 1.54) is 0 Å². The number of aliphatic imine (C=N–C) groups is 1. The Morgan fingerprint density at radius 3 is 2.68 bits per heavy atom. The van der Waals surface area contributed by atoms with E-state index >= 15 is 0 Å². The summed E-state index contributed by atoms with van der Waals surface area (Å²) in [6, 6.07) is 10.1. The minimum absolute atomic E-state index is 0.147. The molecule has 128 valence electrons. The number of nitrogens with zero attached hydrogens (tertiary/aromatic N) is 2. The third-order valence-corrected chi connectivity index (χ3v) is 4.07. The molecule has 2 aromatic rings. The van der Waals surface area contributed by atoms with E-state index < -0.39 is 6.04 Å². The van der Waals surface area contributed by atoms with E-state index in [1.54, 1.807) is 41.2 Å². The number of hydrogen-bond donors (Lipinski definition) is 0. The van der Waals surface area contributed by atoms with Crippen LogP contribution in [0.5, 0.6) is 11.5 Å². The van der Waals surface area contributed by atoms with Gasteiger partial charge in [-0.2, -0.15) is 4.57 Å². The summed E-state index contributed by atoms with van der Waals surface area (Å²) in [5, 5.41) is 0.316. The Labute approximate surface area is 152 Å². The summed E-state index contributed by atoms with van der Waals surface area (Å²) >= 11 is 5.41. The van der Waals surface area contributed by atoms with E-state index in [0.717, 1.165) is 0 Å². The number of fused-ring (bicyclic) bond motifs is 1. The molecule has 1 atom stereocenters. The van der Waals surface area contributed by atoms with Crippen molar-refractivity contribution in [3.8, 4) is 11.5 Å². The SMILES string of the molecule is C=CCN=C([S-])C(C(=O)c1ccc2c(c1)OCCO2)[n+]1ccccc1. The zero-order chi connectivity index (χ0) is 17.6. The van der Waals surface area contributed by atoms with Crippen molar-refractivity contribution >= 4 is 23.5 Å². The molecule has 3 rings (SSSR count). The standard InChI is InChI=1S/C19H18N2O3S/c1-2-8-20-19(25)17(21-9-4-3-5-10-21)18(22)14-6-7-15-16(13-14)24-12-11-23-15/h2-7,9-10,13,17H,1,8,11-12H2. The number of aromatic nitrogens is 1. The lowest BCUT2D eigenvalue weighted by Gasteiger charge is -2.21. The average Bonchev–Trinajstić information content (AvgIpc) is 2.67. The van der Waals surface area contributed by atoms with E-state index in [2.05, 4.69) is 11.6 Å². The van der Waals surface area contributed by atoms with Gasteiger partial charge in [0, 0.05) is 17.7 Å². The van der Waals surface area contributed by atoms with Gasteiger partial charge >= 0.3 is 0 Å². The van der Waals surface area contributed by atoms with Crippen molar-refractivity contribution in [3.05, 3.63) is 67.0 Å². The lowest BCUT2D eigenvalue weighted by Crippen LogP contribution is -2.47. The van der Waals surface area contributed by atoms with Gasteiger partial charge in [-0.25, -0.2) is 0 Å². The van der Waals surface area contributed by atoms with Crippen LogP contribution in [-0.2, 0) is 12.6 Å². The Bertz CT molecular complexity index is 806. The molecule has 2 heterocycles. The molecule has 0 fully saturated rings. The van der Waals surface area contributed by atoms with Crippen molar-refractivity contribution in [2.24, 2.45) is 4.99 Å². The number of benzene rings is 1. The molecular formula is C19H18N2O3S. The highest BCUT2D eigenvalue weighted by Crippen LogP contribution is 2.31. The lowest BCUT2D eigenvalue weighted by atomic mass is 10.0. The van der Waals surface area contributed by atoms with Gasteiger partial charge in [-0.3, -0.25) is 4.79 Å². The molecule has 0 radical (unpaired) electrons. The Balaban J connectivity index is 1.98. The number of carbonyl (C=O) groups excluding carboxylic acids is 1. The van der Waals surface area contributed by atoms with Crippen molar-refractivity contribution in [1.29, 1.82) is 0 Å². The third-order valence-electron chi connectivity index (χ3n) is 3.72. The van der Waals surface area contributed by atoms with Crippen LogP contribution >= 0.6 is 0 Å². The van der Waals surface area contributed by atoms with Crippen molar-refractivity contribution in [2.45, 2.75) is 6.04 Å². The zero-order valence-corrected chi connectivity index (χ0v) is 14.4. The predicted molar refractivity (Wildman–Crippen MR) is 97.3 cm³/mol. The molecule has 0 N–H and O–H groups in total. The van der Waals surface area contributed by atoms with E-state index in [4.69, 9.17) is 22.1 Å². The maximum Gasteiger partial charge on any atom is 0.237 e. The molecule has 0 spiro atoms. The smallest absolute Gasteiger partial charge is 0.237 e. The fraction of sp³-hybridized carbons (Fsp3) is 0.211. The quantitative estimate of drug-likeness (QED) is 0.199. The van der Waals surface area contributed by atoms with Gasteiger partial charge in [-0.15, -0.1) is 6.58 Å². The van der Waals surface area contributed by atoms with Gasteiger partial charge in [0.15, 0.2) is 23.9 Å². The van der Waals surface area contributed by atoms with E-state index in [1.807, 2.05) is 18.2 Å². The van der Waals surface area contributed by atoms with Gasteiger partial charge in [0.2, 0.25) is 11.8 Å². The van der Waals surface area contributed by atoms with Gasteiger partial charge in [0.25, 0.3) is 0 Å². The number of rotatable bonds is 6. The third kappa shape index (κ3) is 3.85. The van der Waals surface area contributed by atoms with Crippen LogP contribution in [0, 0.1) is 0 Å². The molecule has 0 bridgehead atoms. The lowest BCUT2D eigenvalue weighted by molar-refractivity contribution is -0.691. The molecule has 6 heteroatoms. The van der Waals surface area contributed by atoms with Crippen LogP contribution in [0.25, 0.3) is 0 Å². The van der Waals surface area contributed by atoms with Crippen LogP contribution < -0.4 is 14.0 Å². The molecule has 0 saturated heterocycles. The van der Waals surface area contributed by atoms with Crippen LogP contribution in [0.1, 0.15) is 16.4 Å². The molecule has 25 heavy (non-hydrogen) atoms. The second-order valence-electron chi connectivity index (χ2n) is 5.42. The summed E-state index contributed by atoms with van der Waals surface area (Å²) in [5.74, 6) is 1.07. The van der Waals surface area contributed by atoms with Crippen molar-refractivity contribution < 1.29 is 18.8 Å². The molecule has 1 aliphatic rings. The first-order chi connectivity index (χ1) is 12.2. The predicted octanol–water partition coefficient (Wildman–Crippen LogP) is 2.30. The maximum absolute atomic E-state index is 13.1. The number of carbonyl (C=O) groups is 1. The first-order valence-electron chi connectivity index (χ1n) is 7.92. The van der Waals surface area contributed by atoms with Crippen LogP contribution in [0.2, 0.25) is 0 Å². The fourth-order valence-corrected chi connectivity index (χ4v) is 2.86. The van der Waals surface area contributed by atoms with Crippen LogP contribution in [-0.4, -0.2) is 30.6 Å². The minimum atomic E-state index is -0.696. The largest absolute Gasteiger partial charge is 0.758 e. The summed E-state index contributed by atoms with van der Waals surface area (Å²) in [4.78, 5) is 17.4. The van der Waals surface area contributed by atoms with Gasteiger partial charge in [-0.05, 0) is 23.2 Å². The van der Waals surface area contributed by atoms with E-state index in [-0.39, 0.29) is 5.78 Å². The second kappa shape index (κ2) is 7.90. The normalized spacial score (nSPS) is 14.6. The second-order valence-corrected chi connectivity index (χ2v) is 5.83. The fourth-order valence-electron chi connectivity index (χ4n) is 2.55. The number of pyridine rings is 1. The Morgan fingerprint density at radius 2 is 1.96 bits per heavy atom. The van der Waals surface area contributed by atoms with Crippen LogP contribution in [0.4, 0.5) is 0 Å². The van der Waals surface area contributed by atoms with Crippen molar-refractivity contribution in [1.82, 2.24) is 0 Å². The van der Waals surface area contributed by atoms with Crippen molar-refractivity contribution in [3.63, 3.8) is 0 Å². The van der Waals surface area contributed by atoms with Gasteiger partial charge in [0.05, 0.1) is 6.54 Å². The maximum atomic E-state index is 13.1. The number of hydrogen-bond acceptors (Lipinski definition) is 5. The van der Waals surface area contributed by atoms with Gasteiger partial charge in [-0.1, -0.05) is 12.1 Å². The Kier molecular flexibility index (Phi) is 5.40. The highest BCUT2D eigenvalue weighted by Gasteiger charge is 2.29. The van der Waals surface area contributed by atoms with Crippen LogP contribution in [0.15, 0.2) is 66.4 Å². The minimum Gasteiger partial charge on any atom is -0.758 e.